The second-order valence-electron chi connectivity index (χ2n) is 6.87. The highest BCUT2D eigenvalue weighted by Gasteiger charge is 2.43. The molecule has 0 atom stereocenters. The average molecular weight is 461 g/mol. The van der Waals surface area contributed by atoms with Crippen LogP contribution in [0.2, 0.25) is 0 Å². The van der Waals surface area contributed by atoms with Gasteiger partial charge in [0.1, 0.15) is 23.6 Å². The minimum atomic E-state index is -0.371. The van der Waals surface area contributed by atoms with Crippen LogP contribution in [0.5, 0.6) is 0 Å². The van der Waals surface area contributed by atoms with Crippen LogP contribution in [0.3, 0.4) is 0 Å². The SMILES string of the molecule is CCNC(=NCc1cc(C(=O)OC)c(C)o1)N1CCC2(CCC2)C1.I. The van der Waals surface area contributed by atoms with Crippen molar-refractivity contribution in [2.24, 2.45) is 10.4 Å². The lowest BCUT2D eigenvalue weighted by Crippen LogP contribution is -2.42. The van der Waals surface area contributed by atoms with Gasteiger partial charge in [0.05, 0.1) is 7.11 Å². The van der Waals surface area contributed by atoms with Gasteiger partial charge in [-0.25, -0.2) is 9.79 Å². The molecule has 7 heteroatoms. The molecule has 2 aliphatic rings. The quantitative estimate of drug-likeness (QED) is 0.323. The maximum atomic E-state index is 11.7. The lowest BCUT2D eigenvalue weighted by Gasteiger charge is -2.38. The molecule has 0 radical (unpaired) electrons. The number of aryl methyl sites for hydroxylation is 1. The molecule has 0 unspecified atom stereocenters. The summed E-state index contributed by atoms with van der Waals surface area (Å²) in [6.07, 6.45) is 5.33. The first-order chi connectivity index (χ1) is 11.6. The Morgan fingerprint density at radius 3 is 2.76 bits per heavy atom. The number of guanidine groups is 1. The Hall–Kier alpha value is -1.25. The predicted octanol–water partition coefficient (Wildman–Crippen LogP) is 3.33. The van der Waals surface area contributed by atoms with Gasteiger partial charge in [-0.15, -0.1) is 24.0 Å². The molecule has 3 rings (SSSR count). The Bertz CT molecular complexity index is 638. The smallest absolute Gasteiger partial charge is 0.341 e. The number of hydrogen-bond acceptors (Lipinski definition) is 4. The fourth-order valence-corrected chi connectivity index (χ4v) is 3.71. The standard InChI is InChI=1S/C18H27N3O3.HI/c1-4-19-17(21-9-8-18(12-21)6-5-7-18)20-11-14-10-15(13(2)24-14)16(22)23-3;/h10H,4-9,11-12H2,1-3H3,(H,19,20);1H. The molecule has 140 valence electrons. The van der Waals surface area contributed by atoms with Crippen molar-refractivity contribution in [1.82, 2.24) is 10.2 Å². The summed E-state index contributed by atoms with van der Waals surface area (Å²) in [7, 11) is 1.37. The largest absolute Gasteiger partial charge is 0.465 e. The summed E-state index contributed by atoms with van der Waals surface area (Å²) in [5, 5.41) is 3.38. The van der Waals surface area contributed by atoms with E-state index in [1.165, 1.54) is 32.8 Å². The monoisotopic (exact) mass is 461 g/mol. The van der Waals surface area contributed by atoms with E-state index in [0.29, 0.717) is 29.0 Å². The van der Waals surface area contributed by atoms with Gasteiger partial charge in [0.25, 0.3) is 0 Å². The Morgan fingerprint density at radius 2 is 2.20 bits per heavy atom. The molecule has 0 amide bonds. The third kappa shape index (κ3) is 4.30. The van der Waals surface area contributed by atoms with E-state index in [4.69, 9.17) is 14.1 Å². The first-order valence-corrected chi connectivity index (χ1v) is 8.78. The first-order valence-electron chi connectivity index (χ1n) is 8.78. The van der Waals surface area contributed by atoms with Gasteiger partial charge in [0, 0.05) is 19.6 Å². The van der Waals surface area contributed by atoms with Crippen molar-refractivity contribution in [1.29, 1.82) is 0 Å². The number of carbonyl (C=O) groups is 1. The third-order valence-corrected chi connectivity index (χ3v) is 5.25. The van der Waals surface area contributed by atoms with E-state index in [0.717, 1.165) is 25.6 Å². The van der Waals surface area contributed by atoms with E-state index in [2.05, 4.69) is 17.1 Å². The molecule has 0 aromatic carbocycles. The topological polar surface area (TPSA) is 67.1 Å². The predicted molar refractivity (Wildman–Crippen MR) is 107 cm³/mol. The van der Waals surface area contributed by atoms with Gasteiger partial charge in [-0.2, -0.15) is 0 Å². The molecule has 1 N–H and O–H groups in total. The Balaban J connectivity index is 0.00000225. The van der Waals surface area contributed by atoms with Crippen molar-refractivity contribution in [3.63, 3.8) is 0 Å². The highest BCUT2D eigenvalue weighted by atomic mass is 127. The first kappa shape index (κ1) is 20.1. The number of nitrogens with zero attached hydrogens (tertiary/aromatic N) is 2. The molecule has 2 heterocycles. The highest BCUT2D eigenvalue weighted by Crippen LogP contribution is 2.47. The summed E-state index contributed by atoms with van der Waals surface area (Å²) in [5.74, 6) is 1.83. The summed E-state index contributed by atoms with van der Waals surface area (Å²) >= 11 is 0. The molecule has 1 aromatic rings. The van der Waals surface area contributed by atoms with Crippen molar-refractivity contribution in [2.45, 2.75) is 46.1 Å². The molecular weight excluding hydrogens is 433 g/mol. The van der Waals surface area contributed by atoms with Gasteiger partial charge in [-0.1, -0.05) is 6.42 Å². The maximum absolute atomic E-state index is 11.7. The van der Waals surface area contributed by atoms with Gasteiger partial charge in [0.2, 0.25) is 0 Å². The molecule has 0 bridgehead atoms. The number of halogens is 1. The van der Waals surface area contributed by atoms with E-state index >= 15 is 0 Å². The zero-order valence-electron chi connectivity index (χ0n) is 15.3. The van der Waals surface area contributed by atoms with Crippen molar-refractivity contribution < 1.29 is 13.9 Å². The number of ether oxygens (including phenoxy) is 1. The van der Waals surface area contributed by atoms with Crippen LogP contribution in [0.15, 0.2) is 15.5 Å². The van der Waals surface area contributed by atoms with Gasteiger partial charge >= 0.3 is 5.97 Å². The number of methoxy groups -OCH3 is 1. The van der Waals surface area contributed by atoms with Crippen LogP contribution in [-0.4, -0.2) is 43.6 Å². The zero-order valence-corrected chi connectivity index (χ0v) is 17.6. The average Bonchev–Trinajstić information content (AvgIpc) is 3.14. The molecule has 1 aromatic heterocycles. The number of rotatable bonds is 4. The summed E-state index contributed by atoms with van der Waals surface area (Å²) in [6.45, 7) is 7.28. The Kier molecular flexibility index (Phi) is 6.76. The van der Waals surface area contributed by atoms with Gasteiger partial charge < -0.3 is 19.4 Å². The maximum Gasteiger partial charge on any atom is 0.341 e. The van der Waals surface area contributed by atoms with E-state index in [1.54, 1.807) is 13.0 Å². The van der Waals surface area contributed by atoms with Crippen LogP contribution in [0, 0.1) is 12.3 Å². The molecule has 6 nitrogen and oxygen atoms in total. The van der Waals surface area contributed by atoms with E-state index in [-0.39, 0.29) is 29.9 Å². The summed E-state index contributed by atoms with van der Waals surface area (Å²) < 4.78 is 10.4. The molecule has 1 aliphatic heterocycles. The summed E-state index contributed by atoms with van der Waals surface area (Å²) in [4.78, 5) is 18.7. The van der Waals surface area contributed by atoms with Crippen LogP contribution in [0.1, 0.15) is 54.5 Å². The van der Waals surface area contributed by atoms with E-state index < -0.39 is 0 Å². The van der Waals surface area contributed by atoms with Gasteiger partial charge in [0.15, 0.2) is 5.96 Å². The van der Waals surface area contributed by atoms with E-state index in [9.17, 15) is 4.79 Å². The number of esters is 1. The molecule has 1 aliphatic carbocycles. The number of hydrogen-bond donors (Lipinski definition) is 1. The number of nitrogens with one attached hydrogen (secondary N) is 1. The fourth-order valence-electron chi connectivity index (χ4n) is 3.71. The number of likely N-dealkylation sites (tertiary alicyclic amines) is 1. The molecule has 2 fully saturated rings. The second kappa shape index (κ2) is 8.42. The van der Waals surface area contributed by atoms with Crippen LogP contribution in [0.25, 0.3) is 0 Å². The molecular formula is C18H28IN3O3. The number of aliphatic imine (C=N–C) groups is 1. The Morgan fingerprint density at radius 1 is 1.44 bits per heavy atom. The zero-order chi connectivity index (χ0) is 17.2. The molecule has 1 saturated heterocycles. The van der Waals surface area contributed by atoms with Crippen LogP contribution in [0.4, 0.5) is 0 Å². The summed E-state index contributed by atoms with van der Waals surface area (Å²) in [5.41, 5.74) is 1.01. The number of furan rings is 1. The lowest BCUT2D eigenvalue weighted by atomic mass is 9.68. The highest BCUT2D eigenvalue weighted by molar-refractivity contribution is 14.0. The second-order valence-corrected chi connectivity index (χ2v) is 6.87. The minimum Gasteiger partial charge on any atom is -0.465 e. The molecule has 1 spiro atoms. The van der Waals surface area contributed by atoms with E-state index in [1.807, 2.05) is 0 Å². The van der Waals surface area contributed by atoms with Crippen LogP contribution < -0.4 is 5.32 Å². The third-order valence-electron chi connectivity index (χ3n) is 5.25. The minimum absolute atomic E-state index is 0. The van der Waals surface area contributed by atoms with Crippen LogP contribution in [-0.2, 0) is 11.3 Å². The van der Waals surface area contributed by atoms with Crippen molar-refractivity contribution in [3.05, 3.63) is 23.2 Å². The van der Waals surface area contributed by atoms with Crippen molar-refractivity contribution in [3.8, 4) is 0 Å². The van der Waals surface area contributed by atoms with Gasteiger partial charge in [-0.05, 0) is 44.6 Å². The summed E-state index contributed by atoms with van der Waals surface area (Å²) in [6, 6.07) is 1.73. The van der Waals surface area contributed by atoms with Crippen molar-refractivity contribution >= 4 is 35.9 Å². The van der Waals surface area contributed by atoms with Crippen molar-refractivity contribution in [2.75, 3.05) is 26.7 Å². The normalized spacial score (nSPS) is 18.7. The van der Waals surface area contributed by atoms with Gasteiger partial charge in [-0.3, -0.25) is 0 Å². The molecule has 25 heavy (non-hydrogen) atoms. The lowest BCUT2D eigenvalue weighted by molar-refractivity contribution is 0.0599. The fraction of sp³-hybridized carbons (Fsp3) is 0.667. The number of carbonyl (C=O) groups excluding carboxylic acids is 1. The molecule has 1 saturated carbocycles. The van der Waals surface area contributed by atoms with Crippen LogP contribution >= 0.6 is 24.0 Å². The Labute approximate surface area is 166 Å².